The predicted octanol–water partition coefficient (Wildman–Crippen LogP) is 4.73. The van der Waals surface area contributed by atoms with Gasteiger partial charge in [-0.1, -0.05) is 6.08 Å². The molecule has 4 nitrogen and oxygen atoms in total. The second-order valence-corrected chi connectivity index (χ2v) is 6.77. The molecule has 0 aliphatic heterocycles. The molecular formula is C11H10F15NO3S. The summed E-state index contributed by atoms with van der Waals surface area (Å²) >= 11 is 0. The number of rotatable bonds is 8. The van der Waals surface area contributed by atoms with Gasteiger partial charge in [0.25, 0.3) is 0 Å². The summed E-state index contributed by atoms with van der Waals surface area (Å²) < 4.78 is 217. The van der Waals surface area contributed by atoms with Gasteiger partial charge in [-0.3, -0.25) is 4.55 Å². The van der Waals surface area contributed by atoms with E-state index in [4.69, 9.17) is 10.3 Å². The molecule has 0 fully saturated rings. The Morgan fingerprint density at radius 2 is 1.00 bits per heavy atom. The summed E-state index contributed by atoms with van der Waals surface area (Å²) in [6, 6.07) is 0. The number of hydrogen-bond donors (Lipinski definition) is 2. The van der Waals surface area contributed by atoms with Crippen LogP contribution in [0.25, 0.3) is 0 Å². The van der Waals surface area contributed by atoms with Crippen LogP contribution in [0.15, 0.2) is 12.7 Å². The standard InChI is InChI=1S/C8H3F15O3S.C3H7N/c9-2(10,1-3(11,12)13)4(14,15)5(16,17)6(18,19)7(20,21)8(22,23)27(24,25)26;1-2-3-4/h1H2,(H,24,25,26);2H,1,3-4H2. The van der Waals surface area contributed by atoms with Crippen LogP contribution >= 0.6 is 0 Å². The fourth-order valence-electron chi connectivity index (χ4n) is 1.33. The first-order valence-electron chi connectivity index (χ1n) is 6.74. The molecule has 0 heterocycles. The van der Waals surface area contributed by atoms with Gasteiger partial charge in [0.15, 0.2) is 0 Å². The van der Waals surface area contributed by atoms with E-state index >= 15 is 0 Å². The Balaban J connectivity index is 0. The lowest BCUT2D eigenvalue weighted by molar-refractivity contribution is -0.421. The molecule has 0 radical (unpaired) electrons. The van der Waals surface area contributed by atoms with Crippen LogP contribution in [0.3, 0.4) is 0 Å². The van der Waals surface area contributed by atoms with Crippen LogP contribution in [-0.4, -0.2) is 60.6 Å². The second-order valence-electron chi connectivity index (χ2n) is 5.31. The quantitative estimate of drug-likeness (QED) is 0.275. The van der Waals surface area contributed by atoms with Crippen molar-refractivity contribution >= 4 is 10.1 Å². The molecule has 31 heavy (non-hydrogen) atoms. The Bertz CT molecular complexity index is 729. The van der Waals surface area contributed by atoms with E-state index in [9.17, 15) is 74.3 Å². The van der Waals surface area contributed by atoms with Crippen LogP contribution in [0, 0.1) is 0 Å². The molecule has 3 N–H and O–H groups in total. The second kappa shape index (κ2) is 8.83. The van der Waals surface area contributed by atoms with E-state index in [1.165, 1.54) is 0 Å². The van der Waals surface area contributed by atoms with Crippen LogP contribution in [0.5, 0.6) is 0 Å². The van der Waals surface area contributed by atoms with Crippen LogP contribution < -0.4 is 5.73 Å². The number of nitrogens with two attached hydrogens (primary N) is 1. The minimum atomic E-state index is -8.40. The van der Waals surface area contributed by atoms with Gasteiger partial charge in [-0.2, -0.15) is 74.3 Å². The van der Waals surface area contributed by atoms with Crippen molar-refractivity contribution in [3.63, 3.8) is 0 Å². The van der Waals surface area contributed by atoms with E-state index in [-0.39, 0.29) is 0 Å². The SMILES string of the molecule is C=CCN.O=S(=O)(O)C(F)(F)C(F)(F)C(F)(F)C(F)(F)C(F)(F)C(F)(F)CC(F)(F)F. The third-order valence-electron chi connectivity index (χ3n) is 2.92. The van der Waals surface area contributed by atoms with Gasteiger partial charge in [-0.05, 0) is 0 Å². The van der Waals surface area contributed by atoms with E-state index in [1.807, 2.05) is 0 Å². The smallest absolute Gasteiger partial charge is 0.327 e. The monoisotopic (exact) mass is 521 g/mol. The van der Waals surface area contributed by atoms with Crippen LogP contribution in [0.4, 0.5) is 65.9 Å². The number of alkyl halides is 15. The van der Waals surface area contributed by atoms with Gasteiger partial charge in [-0.25, -0.2) is 0 Å². The lowest BCUT2D eigenvalue weighted by Crippen LogP contribution is -2.71. The average molecular weight is 521 g/mol. The summed E-state index contributed by atoms with van der Waals surface area (Å²) in [5.74, 6) is -40.2. The van der Waals surface area contributed by atoms with Crippen molar-refractivity contribution in [3.05, 3.63) is 12.7 Å². The maximum absolute atomic E-state index is 13.0. The van der Waals surface area contributed by atoms with Gasteiger partial charge in [-0.15, -0.1) is 6.58 Å². The van der Waals surface area contributed by atoms with Gasteiger partial charge in [0.05, 0.1) is 0 Å². The first-order valence-corrected chi connectivity index (χ1v) is 8.18. The molecule has 0 bridgehead atoms. The molecule has 0 aromatic heterocycles. The van der Waals surface area contributed by atoms with Crippen LogP contribution in [-0.2, 0) is 10.1 Å². The fourth-order valence-corrected chi connectivity index (χ4v) is 1.78. The average Bonchev–Trinajstić information content (AvgIpc) is 2.50. The van der Waals surface area contributed by atoms with Crippen molar-refractivity contribution in [2.24, 2.45) is 5.73 Å². The highest BCUT2D eigenvalue weighted by Gasteiger charge is 2.92. The molecule has 0 aliphatic carbocycles. The highest BCUT2D eigenvalue weighted by Crippen LogP contribution is 2.61. The molecule has 0 aliphatic rings. The van der Waals surface area contributed by atoms with E-state index in [0.29, 0.717) is 6.54 Å². The molecule has 0 rings (SSSR count). The molecular weight excluding hydrogens is 511 g/mol. The van der Waals surface area contributed by atoms with Gasteiger partial charge < -0.3 is 5.73 Å². The highest BCUT2D eigenvalue weighted by molar-refractivity contribution is 7.87. The van der Waals surface area contributed by atoms with E-state index in [0.717, 1.165) is 0 Å². The van der Waals surface area contributed by atoms with Crippen molar-refractivity contribution in [1.29, 1.82) is 0 Å². The molecule has 0 aromatic rings. The molecule has 0 aromatic carbocycles. The molecule has 0 unspecified atom stereocenters. The first kappa shape index (κ1) is 31.7. The van der Waals surface area contributed by atoms with E-state index in [2.05, 4.69) is 6.58 Å². The van der Waals surface area contributed by atoms with Crippen molar-refractivity contribution in [1.82, 2.24) is 0 Å². The Morgan fingerprint density at radius 3 is 1.23 bits per heavy atom. The Labute approximate surface area is 162 Å². The number of hydrogen-bond acceptors (Lipinski definition) is 3. The topological polar surface area (TPSA) is 80.4 Å². The third kappa shape index (κ3) is 5.68. The summed E-state index contributed by atoms with van der Waals surface area (Å²) in [5.41, 5.74) is 4.91. The van der Waals surface area contributed by atoms with Crippen LogP contribution in [0.2, 0.25) is 0 Å². The van der Waals surface area contributed by atoms with Gasteiger partial charge in [0.1, 0.15) is 6.42 Å². The summed E-state index contributed by atoms with van der Waals surface area (Å²) in [6.07, 6.45) is -9.06. The van der Waals surface area contributed by atoms with Crippen molar-refractivity contribution < 1.29 is 78.8 Å². The Kier molecular flexibility index (Phi) is 9.04. The summed E-state index contributed by atoms with van der Waals surface area (Å²) in [5, 5.41) is -7.64. The zero-order valence-corrected chi connectivity index (χ0v) is 14.9. The summed E-state index contributed by atoms with van der Waals surface area (Å²) in [4.78, 5) is 0. The largest absolute Gasteiger partial charge is 0.438 e. The summed E-state index contributed by atoms with van der Waals surface area (Å²) in [7, 11) is -7.72. The number of halogens is 15. The fraction of sp³-hybridized carbons (Fsp3) is 0.818. The van der Waals surface area contributed by atoms with Gasteiger partial charge in [0, 0.05) is 6.54 Å². The minimum absolute atomic E-state index is 0.583. The lowest BCUT2D eigenvalue weighted by atomic mass is 9.93. The summed E-state index contributed by atoms with van der Waals surface area (Å²) in [6.45, 7) is 3.94. The van der Waals surface area contributed by atoms with E-state index < -0.39 is 57.6 Å². The van der Waals surface area contributed by atoms with Crippen molar-refractivity contribution in [3.8, 4) is 0 Å². The van der Waals surface area contributed by atoms with Crippen LogP contribution in [0.1, 0.15) is 6.42 Å². The zero-order chi connectivity index (χ0) is 26.1. The molecule has 0 saturated heterocycles. The molecule has 0 atom stereocenters. The molecule has 0 saturated carbocycles. The molecule has 188 valence electrons. The minimum Gasteiger partial charge on any atom is -0.327 e. The van der Waals surface area contributed by atoms with Gasteiger partial charge >= 0.3 is 51.2 Å². The van der Waals surface area contributed by atoms with Crippen molar-refractivity contribution in [2.45, 2.75) is 47.5 Å². The highest BCUT2D eigenvalue weighted by atomic mass is 32.2. The van der Waals surface area contributed by atoms with E-state index in [1.54, 1.807) is 6.08 Å². The molecule has 0 spiro atoms. The lowest BCUT2D eigenvalue weighted by Gasteiger charge is -2.40. The van der Waals surface area contributed by atoms with Crippen molar-refractivity contribution in [2.75, 3.05) is 6.54 Å². The maximum Gasteiger partial charge on any atom is 0.438 e. The predicted molar refractivity (Wildman–Crippen MR) is 71.2 cm³/mol. The van der Waals surface area contributed by atoms with Gasteiger partial charge in [0.2, 0.25) is 0 Å². The third-order valence-corrected chi connectivity index (χ3v) is 3.83. The Hall–Kier alpha value is -1.44. The Morgan fingerprint density at radius 1 is 0.710 bits per heavy atom. The first-order chi connectivity index (χ1) is 13.1. The normalized spacial score (nSPS) is 15.3. The molecule has 0 amide bonds. The molecule has 20 heteroatoms. The zero-order valence-electron chi connectivity index (χ0n) is 14.1. The maximum atomic E-state index is 13.0.